The van der Waals surface area contributed by atoms with Crippen molar-refractivity contribution in [3.05, 3.63) is 0 Å². The first-order valence-corrected chi connectivity index (χ1v) is 10.3. The molecule has 2 rings (SSSR count). The normalized spacial score (nSPS) is 21.1. The zero-order valence-electron chi connectivity index (χ0n) is 17.0. The Bertz CT molecular complexity index is 472. The molecule has 8 nitrogen and oxygen atoms in total. The van der Waals surface area contributed by atoms with E-state index in [0.29, 0.717) is 26.2 Å². The second kappa shape index (κ2) is 11.5. The maximum Gasteiger partial charge on any atom is 0.234 e. The van der Waals surface area contributed by atoms with E-state index in [-0.39, 0.29) is 5.91 Å². The predicted molar refractivity (Wildman–Crippen MR) is 107 cm³/mol. The molecule has 0 aromatic heterocycles. The van der Waals surface area contributed by atoms with Gasteiger partial charge in [0, 0.05) is 46.4 Å². The second-order valence-corrected chi connectivity index (χ2v) is 7.56. The van der Waals surface area contributed by atoms with Gasteiger partial charge in [0.05, 0.1) is 25.3 Å². The molecule has 1 saturated carbocycles. The van der Waals surface area contributed by atoms with Gasteiger partial charge in [0.25, 0.3) is 0 Å². The van der Waals surface area contributed by atoms with Crippen LogP contribution >= 0.6 is 0 Å². The Morgan fingerprint density at radius 2 is 1.85 bits per heavy atom. The molecule has 0 bridgehead atoms. The molecule has 1 amide bonds. The number of carbonyl (C=O) groups excluding carboxylic acids is 1. The van der Waals surface area contributed by atoms with Gasteiger partial charge in [-0.1, -0.05) is 19.3 Å². The number of nitrogens with zero attached hydrogens (tertiary/aromatic N) is 3. The summed E-state index contributed by atoms with van der Waals surface area (Å²) in [5.74, 6) is 0.918. The molecule has 0 spiro atoms. The van der Waals surface area contributed by atoms with Gasteiger partial charge < -0.3 is 25.4 Å². The van der Waals surface area contributed by atoms with Gasteiger partial charge in [0.15, 0.2) is 5.96 Å². The molecule has 1 saturated heterocycles. The fraction of sp³-hybridized carbons (Fsp3) is 0.895. The maximum absolute atomic E-state index is 11.9. The van der Waals surface area contributed by atoms with Crippen molar-refractivity contribution in [2.24, 2.45) is 4.99 Å². The van der Waals surface area contributed by atoms with E-state index in [9.17, 15) is 9.90 Å². The molecular weight excluding hydrogens is 346 g/mol. The fourth-order valence-corrected chi connectivity index (χ4v) is 3.69. The summed E-state index contributed by atoms with van der Waals surface area (Å²) >= 11 is 0. The van der Waals surface area contributed by atoms with Gasteiger partial charge in [-0.3, -0.25) is 14.7 Å². The highest BCUT2D eigenvalue weighted by molar-refractivity contribution is 5.80. The fourth-order valence-electron chi connectivity index (χ4n) is 3.69. The smallest absolute Gasteiger partial charge is 0.234 e. The summed E-state index contributed by atoms with van der Waals surface area (Å²) in [4.78, 5) is 21.1. The number of nitrogens with one attached hydrogen (secondary N) is 2. The van der Waals surface area contributed by atoms with E-state index in [1.54, 1.807) is 7.11 Å². The second-order valence-electron chi connectivity index (χ2n) is 7.56. The minimum Gasteiger partial charge on any atom is -0.388 e. The quantitative estimate of drug-likeness (QED) is 0.311. The van der Waals surface area contributed by atoms with Crippen molar-refractivity contribution in [3.63, 3.8) is 0 Å². The van der Waals surface area contributed by atoms with Gasteiger partial charge in [-0.15, -0.1) is 0 Å². The average Bonchev–Trinajstić information content (AvgIpc) is 2.67. The molecule has 2 fully saturated rings. The van der Waals surface area contributed by atoms with Crippen LogP contribution in [0.15, 0.2) is 4.99 Å². The average molecular weight is 384 g/mol. The van der Waals surface area contributed by atoms with Gasteiger partial charge in [-0.05, 0) is 19.8 Å². The zero-order valence-corrected chi connectivity index (χ0v) is 17.0. The van der Waals surface area contributed by atoms with Crippen molar-refractivity contribution >= 4 is 11.9 Å². The number of hydrogen-bond donors (Lipinski definition) is 3. The number of hydrogen-bond acceptors (Lipinski definition) is 5. The summed E-state index contributed by atoms with van der Waals surface area (Å²) in [6.45, 7) is 8.15. The standard InChI is InChI=1S/C19H37N5O3/c1-3-20-18(22-16-19(26)7-5-4-6-8-19)24-12-10-23(11-13-24)15-17(25)21-9-14-27-2/h26H,3-16H2,1-2H3,(H,20,22)(H,21,25). The van der Waals surface area contributed by atoms with Crippen molar-refractivity contribution in [3.8, 4) is 0 Å². The van der Waals surface area contributed by atoms with Crippen molar-refractivity contribution in [1.29, 1.82) is 0 Å². The predicted octanol–water partition coefficient (Wildman–Crippen LogP) is 0.0273. The monoisotopic (exact) mass is 383 g/mol. The molecule has 0 atom stereocenters. The molecule has 3 N–H and O–H groups in total. The van der Waals surface area contributed by atoms with Crippen LogP contribution in [0.3, 0.4) is 0 Å². The van der Waals surface area contributed by atoms with Crippen LogP contribution in [0.4, 0.5) is 0 Å². The minimum atomic E-state index is -0.638. The van der Waals surface area contributed by atoms with Crippen LogP contribution in [0.5, 0.6) is 0 Å². The molecule has 156 valence electrons. The molecule has 2 aliphatic rings. The highest BCUT2D eigenvalue weighted by Gasteiger charge is 2.29. The highest BCUT2D eigenvalue weighted by Crippen LogP contribution is 2.28. The third kappa shape index (κ3) is 7.63. The molecule has 27 heavy (non-hydrogen) atoms. The molecule has 0 aromatic rings. The Morgan fingerprint density at radius 1 is 1.15 bits per heavy atom. The number of piperazine rings is 1. The lowest BCUT2D eigenvalue weighted by molar-refractivity contribution is -0.122. The van der Waals surface area contributed by atoms with Crippen LogP contribution in [-0.4, -0.2) is 98.4 Å². The van der Waals surface area contributed by atoms with Gasteiger partial charge in [-0.2, -0.15) is 0 Å². The van der Waals surface area contributed by atoms with Gasteiger partial charge >= 0.3 is 0 Å². The summed E-state index contributed by atoms with van der Waals surface area (Å²) in [6, 6.07) is 0. The van der Waals surface area contributed by atoms with E-state index in [2.05, 4.69) is 27.4 Å². The summed E-state index contributed by atoms with van der Waals surface area (Å²) in [7, 11) is 1.63. The van der Waals surface area contributed by atoms with Gasteiger partial charge in [-0.25, -0.2) is 0 Å². The molecule has 0 radical (unpaired) electrons. The third-order valence-electron chi connectivity index (χ3n) is 5.31. The highest BCUT2D eigenvalue weighted by atomic mass is 16.5. The van der Waals surface area contributed by atoms with Gasteiger partial charge in [0.2, 0.25) is 5.91 Å². The van der Waals surface area contributed by atoms with Crippen LogP contribution in [0.2, 0.25) is 0 Å². The molecule has 0 aromatic carbocycles. The van der Waals surface area contributed by atoms with Crippen molar-refractivity contribution < 1.29 is 14.6 Å². The van der Waals surface area contributed by atoms with Gasteiger partial charge in [0.1, 0.15) is 0 Å². The van der Waals surface area contributed by atoms with Crippen LogP contribution < -0.4 is 10.6 Å². The Hall–Kier alpha value is -1.38. The number of guanidine groups is 1. The Morgan fingerprint density at radius 3 is 2.48 bits per heavy atom. The SMILES string of the molecule is CCNC(=NCC1(O)CCCCC1)N1CCN(CC(=O)NCCOC)CC1. The number of aliphatic imine (C=N–C) groups is 1. The number of rotatable bonds is 8. The minimum absolute atomic E-state index is 0.0422. The van der Waals surface area contributed by atoms with E-state index in [4.69, 9.17) is 9.73 Å². The Labute approximate surface area is 163 Å². The maximum atomic E-state index is 11.9. The van der Waals surface area contributed by atoms with Crippen LogP contribution in [0, 0.1) is 0 Å². The topological polar surface area (TPSA) is 89.4 Å². The van der Waals surface area contributed by atoms with Crippen molar-refractivity contribution in [2.45, 2.75) is 44.6 Å². The van der Waals surface area contributed by atoms with E-state index in [1.165, 1.54) is 6.42 Å². The largest absolute Gasteiger partial charge is 0.388 e. The van der Waals surface area contributed by atoms with E-state index in [0.717, 1.165) is 64.4 Å². The van der Waals surface area contributed by atoms with Crippen LogP contribution in [0.25, 0.3) is 0 Å². The first-order chi connectivity index (χ1) is 13.1. The summed E-state index contributed by atoms with van der Waals surface area (Å²) in [5.41, 5.74) is -0.638. The third-order valence-corrected chi connectivity index (χ3v) is 5.31. The number of ether oxygens (including phenoxy) is 1. The van der Waals surface area contributed by atoms with E-state index < -0.39 is 5.60 Å². The lowest BCUT2D eigenvalue weighted by atomic mass is 9.85. The number of carbonyl (C=O) groups is 1. The molecular formula is C19H37N5O3. The number of methoxy groups -OCH3 is 1. The molecule has 1 aliphatic carbocycles. The summed E-state index contributed by atoms with van der Waals surface area (Å²) in [6.07, 6.45) is 5.10. The van der Waals surface area contributed by atoms with Crippen LogP contribution in [0.1, 0.15) is 39.0 Å². The first-order valence-electron chi connectivity index (χ1n) is 10.3. The summed E-state index contributed by atoms with van der Waals surface area (Å²) < 4.78 is 4.95. The Kier molecular flexibility index (Phi) is 9.30. The lowest BCUT2D eigenvalue weighted by Crippen LogP contribution is -2.54. The number of aliphatic hydroxyl groups is 1. The molecule has 8 heteroatoms. The van der Waals surface area contributed by atoms with Crippen molar-refractivity contribution in [1.82, 2.24) is 20.4 Å². The summed E-state index contributed by atoms with van der Waals surface area (Å²) in [5, 5.41) is 16.9. The molecule has 0 unspecified atom stereocenters. The zero-order chi connectivity index (χ0) is 19.5. The number of amides is 1. The molecule has 1 heterocycles. The van der Waals surface area contributed by atoms with E-state index >= 15 is 0 Å². The van der Waals surface area contributed by atoms with E-state index in [1.807, 2.05) is 0 Å². The first kappa shape index (κ1) is 21.9. The Balaban J connectivity index is 1.80. The molecule has 1 aliphatic heterocycles. The van der Waals surface area contributed by atoms with Crippen molar-refractivity contribution in [2.75, 3.05) is 66.1 Å². The van der Waals surface area contributed by atoms with Crippen LogP contribution in [-0.2, 0) is 9.53 Å². The lowest BCUT2D eigenvalue weighted by Gasteiger charge is -2.37.